The minimum absolute atomic E-state index is 0.0267. The third kappa shape index (κ3) is 4.22. The molecule has 0 saturated carbocycles. The fraction of sp³-hybridized carbons (Fsp3) is 0.238. The molecule has 0 aliphatic rings. The summed E-state index contributed by atoms with van der Waals surface area (Å²) in [6.45, 7) is 4.12. The first-order valence-corrected chi connectivity index (χ1v) is 10.8. The monoisotopic (exact) mass is 430 g/mol. The minimum atomic E-state index is -3.74. The molecule has 158 valence electrons. The molecular weight excluding hydrogens is 408 g/mol. The van der Waals surface area contributed by atoms with E-state index in [1.807, 2.05) is 0 Å². The second-order valence-electron chi connectivity index (χ2n) is 6.41. The summed E-state index contributed by atoms with van der Waals surface area (Å²) < 4.78 is 37.5. The van der Waals surface area contributed by atoms with Crippen LogP contribution in [0.3, 0.4) is 0 Å². The number of fused-ring (bicyclic) bond motifs is 1. The fourth-order valence-electron chi connectivity index (χ4n) is 3.08. The molecule has 0 spiro atoms. The number of aromatic amines is 1. The Morgan fingerprint density at radius 2 is 1.63 bits per heavy atom. The first-order chi connectivity index (χ1) is 14.3. The number of aromatic nitrogens is 1. The number of rotatable bonds is 7. The molecular formula is C21H22N2O6S. The van der Waals surface area contributed by atoms with E-state index in [2.05, 4.69) is 4.98 Å². The summed E-state index contributed by atoms with van der Waals surface area (Å²) >= 11 is 0. The lowest BCUT2D eigenvalue weighted by atomic mass is 10.1. The maximum Gasteiger partial charge on any atom is 0.344 e. The number of hydrogen-bond acceptors (Lipinski definition) is 6. The highest BCUT2D eigenvalue weighted by molar-refractivity contribution is 7.89. The number of sulfonamides is 1. The van der Waals surface area contributed by atoms with Gasteiger partial charge in [0.2, 0.25) is 15.6 Å². The Kier molecular flexibility index (Phi) is 6.23. The van der Waals surface area contributed by atoms with E-state index in [1.54, 1.807) is 38.1 Å². The summed E-state index contributed by atoms with van der Waals surface area (Å²) in [6, 6.07) is 11.7. The molecule has 3 rings (SSSR count). The lowest BCUT2D eigenvalue weighted by Gasteiger charge is -2.18. The standard InChI is InChI=1S/C21H22N2O6S/c1-4-23(5-2)30(26,27)16-10-11-19-17(12-16)18(13-20(24)22-19)21(25)29-15-8-6-14(28-3)7-9-15/h6-13H,4-5H2,1-3H3,(H,22,24). The van der Waals surface area contributed by atoms with Crippen LogP contribution in [-0.2, 0) is 10.0 Å². The van der Waals surface area contributed by atoms with Crippen molar-refractivity contribution in [2.75, 3.05) is 20.2 Å². The summed E-state index contributed by atoms with van der Waals surface area (Å²) in [7, 11) is -2.22. The van der Waals surface area contributed by atoms with Gasteiger partial charge in [-0.15, -0.1) is 0 Å². The average molecular weight is 430 g/mol. The van der Waals surface area contributed by atoms with Crippen LogP contribution in [0.25, 0.3) is 10.9 Å². The lowest BCUT2D eigenvalue weighted by molar-refractivity contribution is 0.0736. The Hall–Kier alpha value is -3.17. The summed E-state index contributed by atoms with van der Waals surface area (Å²) in [6.07, 6.45) is 0. The van der Waals surface area contributed by atoms with Crippen LogP contribution in [0.1, 0.15) is 24.2 Å². The molecule has 0 bridgehead atoms. The third-order valence-corrected chi connectivity index (χ3v) is 6.69. The smallest absolute Gasteiger partial charge is 0.344 e. The van der Waals surface area contributed by atoms with E-state index in [9.17, 15) is 18.0 Å². The molecule has 1 heterocycles. The fourth-order valence-corrected chi connectivity index (χ4v) is 4.57. The minimum Gasteiger partial charge on any atom is -0.497 e. The van der Waals surface area contributed by atoms with Crippen LogP contribution in [-0.4, -0.2) is 43.9 Å². The highest BCUT2D eigenvalue weighted by Gasteiger charge is 2.23. The number of pyridine rings is 1. The Labute approximate surface area is 174 Å². The molecule has 0 fully saturated rings. The summed E-state index contributed by atoms with van der Waals surface area (Å²) in [5, 5.41) is 0.279. The SMILES string of the molecule is CCN(CC)S(=O)(=O)c1ccc2[nH]c(=O)cc(C(=O)Oc3ccc(OC)cc3)c2c1. The Bertz CT molecular complexity index is 1230. The van der Waals surface area contributed by atoms with Gasteiger partial charge in [-0.2, -0.15) is 4.31 Å². The van der Waals surface area contributed by atoms with Gasteiger partial charge in [-0.3, -0.25) is 4.79 Å². The first kappa shape index (κ1) is 21.5. The molecule has 1 aromatic heterocycles. The highest BCUT2D eigenvalue weighted by Crippen LogP contribution is 2.24. The van der Waals surface area contributed by atoms with Gasteiger partial charge in [-0.05, 0) is 42.5 Å². The average Bonchev–Trinajstić information content (AvgIpc) is 2.74. The molecule has 0 amide bonds. The van der Waals surface area contributed by atoms with Crippen molar-refractivity contribution in [3.63, 3.8) is 0 Å². The summed E-state index contributed by atoms with van der Waals surface area (Å²) in [5.41, 5.74) is -0.188. The molecule has 8 nitrogen and oxygen atoms in total. The van der Waals surface area contributed by atoms with Crippen LogP contribution in [0.4, 0.5) is 0 Å². The lowest BCUT2D eigenvalue weighted by Crippen LogP contribution is -2.30. The number of carbonyl (C=O) groups excluding carboxylic acids is 1. The van der Waals surface area contributed by atoms with Gasteiger partial charge < -0.3 is 14.5 Å². The highest BCUT2D eigenvalue weighted by atomic mass is 32.2. The molecule has 0 saturated heterocycles. The number of H-pyrrole nitrogens is 1. The van der Waals surface area contributed by atoms with Crippen molar-refractivity contribution >= 4 is 26.9 Å². The second-order valence-corrected chi connectivity index (χ2v) is 8.35. The quantitative estimate of drug-likeness (QED) is 0.456. The van der Waals surface area contributed by atoms with E-state index in [0.717, 1.165) is 6.07 Å². The van der Waals surface area contributed by atoms with Gasteiger partial charge in [0.25, 0.3) is 0 Å². The molecule has 30 heavy (non-hydrogen) atoms. The van der Waals surface area contributed by atoms with E-state index < -0.39 is 21.6 Å². The van der Waals surface area contributed by atoms with E-state index >= 15 is 0 Å². The zero-order chi connectivity index (χ0) is 21.9. The largest absolute Gasteiger partial charge is 0.497 e. The van der Waals surface area contributed by atoms with Crippen LogP contribution in [0.2, 0.25) is 0 Å². The topological polar surface area (TPSA) is 106 Å². The number of carbonyl (C=O) groups is 1. The molecule has 0 aliphatic carbocycles. The van der Waals surface area contributed by atoms with Crippen molar-refractivity contribution in [3.05, 3.63) is 64.4 Å². The normalized spacial score (nSPS) is 11.6. The van der Waals surface area contributed by atoms with Crippen LogP contribution in [0, 0.1) is 0 Å². The molecule has 0 atom stereocenters. The van der Waals surface area contributed by atoms with Crippen molar-refractivity contribution < 1.29 is 22.7 Å². The van der Waals surface area contributed by atoms with Gasteiger partial charge in [-0.1, -0.05) is 13.8 Å². The maximum atomic E-state index is 12.9. The number of ether oxygens (including phenoxy) is 2. The van der Waals surface area contributed by atoms with Gasteiger partial charge in [0.05, 0.1) is 17.6 Å². The van der Waals surface area contributed by atoms with Crippen molar-refractivity contribution in [3.8, 4) is 11.5 Å². The number of methoxy groups -OCH3 is 1. The molecule has 1 N–H and O–H groups in total. The van der Waals surface area contributed by atoms with E-state index in [1.165, 1.54) is 29.6 Å². The van der Waals surface area contributed by atoms with E-state index in [-0.39, 0.29) is 21.6 Å². The van der Waals surface area contributed by atoms with E-state index in [4.69, 9.17) is 9.47 Å². The predicted molar refractivity (Wildman–Crippen MR) is 113 cm³/mol. The molecule has 0 unspecified atom stereocenters. The van der Waals surface area contributed by atoms with Crippen LogP contribution in [0.15, 0.2) is 58.2 Å². The van der Waals surface area contributed by atoms with E-state index in [0.29, 0.717) is 24.4 Å². The molecule has 3 aromatic rings. The number of nitrogens with zero attached hydrogens (tertiary/aromatic N) is 1. The van der Waals surface area contributed by atoms with Gasteiger partial charge in [0.15, 0.2) is 0 Å². The Morgan fingerprint density at radius 1 is 1.00 bits per heavy atom. The summed E-state index contributed by atoms with van der Waals surface area (Å²) in [4.78, 5) is 27.4. The molecule has 0 radical (unpaired) electrons. The zero-order valence-corrected chi connectivity index (χ0v) is 17.7. The van der Waals surface area contributed by atoms with Gasteiger partial charge in [0.1, 0.15) is 11.5 Å². The number of benzene rings is 2. The second kappa shape index (κ2) is 8.68. The maximum absolute atomic E-state index is 12.9. The van der Waals surface area contributed by atoms with Crippen LogP contribution >= 0.6 is 0 Å². The van der Waals surface area contributed by atoms with Gasteiger partial charge in [-0.25, -0.2) is 13.2 Å². The molecule has 0 aliphatic heterocycles. The Morgan fingerprint density at radius 3 is 2.23 bits per heavy atom. The van der Waals surface area contributed by atoms with Crippen molar-refractivity contribution in [1.29, 1.82) is 0 Å². The molecule has 9 heteroatoms. The zero-order valence-electron chi connectivity index (χ0n) is 16.8. The first-order valence-electron chi connectivity index (χ1n) is 9.33. The van der Waals surface area contributed by atoms with Gasteiger partial charge in [0, 0.05) is 30.1 Å². The number of hydrogen-bond donors (Lipinski definition) is 1. The third-order valence-electron chi connectivity index (χ3n) is 4.65. The Balaban J connectivity index is 2.07. The van der Waals surface area contributed by atoms with Crippen molar-refractivity contribution in [2.24, 2.45) is 0 Å². The molecule has 2 aromatic carbocycles. The van der Waals surface area contributed by atoms with Crippen LogP contribution in [0.5, 0.6) is 11.5 Å². The van der Waals surface area contributed by atoms with Crippen molar-refractivity contribution in [2.45, 2.75) is 18.7 Å². The number of nitrogens with one attached hydrogen (secondary N) is 1. The van der Waals surface area contributed by atoms with Gasteiger partial charge >= 0.3 is 5.97 Å². The predicted octanol–water partition coefficient (Wildman–Crippen LogP) is 2.79. The number of esters is 1. The van der Waals surface area contributed by atoms with Crippen LogP contribution < -0.4 is 15.0 Å². The van der Waals surface area contributed by atoms with Crippen molar-refractivity contribution in [1.82, 2.24) is 9.29 Å². The summed E-state index contributed by atoms with van der Waals surface area (Å²) in [5.74, 6) is 0.0949.